The van der Waals surface area contributed by atoms with Crippen molar-refractivity contribution < 1.29 is 18.3 Å². The summed E-state index contributed by atoms with van der Waals surface area (Å²) in [5.41, 5.74) is 6.67. The van der Waals surface area contributed by atoms with Crippen LogP contribution >= 0.6 is 15.9 Å². The van der Waals surface area contributed by atoms with E-state index in [0.29, 0.717) is 27.4 Å². The van der Waals surface area contributed by atoms with Crippen molar-refractivity contribution in [1.29, 1.82) is 0 Å². The van der Waals surface area contributed by atoms with E-state index in [2.05, 4.69) is 15.9 Å². The van der Waals surface area contributed by atoms with Gasteiger partial charge in [0, 0.05) is 42.9 Å². The summed E-state index contributed by atoms with van der Waals surface area (Å²) in [7, 11) is 3.13. The second-order valence-corrected chi connectivity index (χ2v) is 6.96. The van der Waals surface area contributed by atoms with E-state index in [-0.39, 0.29) is 23.4 Å². The molecule has 1 amide bonds. The topological polar surface area (TPSA) is 85.8 Å². The van der Waals surface area contributed by atoms with E-state index in [1.165, 1.54) is 17.0 Å². The minimum absolute atomic E-state index is 0.0235. The van der Waals surface area contributed by atoms with Crippen LogP contribution in [-0.4, -0.2) is 25.1 Å². The third kappa shape index (κ3) is 3.87. The Balaban J connectivity index is 2.07. The Morgan fingerprint density at radius 1 is 1.25 bits per heavy atom. The van der Waals surface area contributed by atoms with Crippen molar-refractivity contribution in [2.45, 2.75) is 11.8 Å². The maximum Gasteiger partial charge on any atom is 0.414 e. The number of fused-ring (bicyclic) bond motifs is 1. The lowest BCUT2D eigenvalue weighted by molar-refractivity contribution is 0.172. The Hall–Kier alpha value is -2.87. The summed E-state index contributed by atoms with van der Waals surface area (Å²) in [4.78, 5) is 25.6. The SMILES string of the molecule is CN(C)C(=O)Oc1ccc2c(CBr)c(Cc3cccc(N)c3F)c(=O)oc2c1. The van der Waals surface area contributed by atoms with E-state index >= 15 is 0 Å². The van der Waals surface area contributed by atoms with Gasteiger partial charge in [-0.15, -0.1) is 0 Å². The molecule has 3 rings (SSSR count). The molecule has 0 aliphatic rings. The van der Waals surface area contributed by atoms with Crippen LogP contribution in [0.3, 0.4) is 0 Å². The van der Waals surface area contributed by atoms with E-state index in [1.54, 1.807) is 38.4 Å². The Kier molecular flexibility index (Phi) is 5.69. The molecule has 8 heteroatoms. The van der Waals surface area contributed by atoms with E-state index in [1.807, 2.05) is 0 Å². The smallest absolute Gasteiger partial charge is 0.414 e. The molecular formula is C20H18BrFN2O4. The van der Waals surface area contributed by atoms with Crippen molar-refractivity contribution in [3.8, 4) is 5.75 Å². The first-order valence-electron chi connectivity index (χ1n) is 8.38. The normalized spacial score (nSPS) is 10.9. The Morgan fingerprint density at radius 2 is 2.00 bits per heavy atom. The molecule has 2 N–H and O–H groups in total. The van der Waals surface area contributed by atoms with Crippen molar-refractivity contribution in [2.75, 3.05) is 19.8 Å². The first kappa shape index (κ1) is 19.9. The molecule has 28 heavy (non-hydrogen) atoms. The number of halogens is 2. The van der Waals surface area contributed by atoms with Gasteiger partial charge in [0.25, 0.3) is 0 Å². The molecular weight excluding hydrogens is 431 g/mol. The molecule has 0 fully saturated rings. The largest absolute Gasteiger partial charge is 0.422 e. The number of benzene rings is 2. The van der Waals surface area contributed by atoms with Crippen molar-refractivity contribution in [2.24, 2.45) is 0 Å². The number of carbonyl (C=O) groups is 1. The minimum Gasteiger partial charge on any atom is -0.422 e. The van der Waals surface area contributed by atoms with Gasteiger partial charge in [-0.3, -0.25) is 0 Å². The van der Waals surface area contributed by atoms with Gasteiger partial charge in [0.05, 0.1) is 5.69 Å². The third-order valence-corrected chi connectivity index (χ3v) is 4.83. The van der Waals surface area contributed by atoms with Gasteiger partial charge in [0.1, 0.15) is 17.1 Å². The number of carbonyl (C=O) groups excluding carboxylic acids is 1. The third-order valence-electron chi connectivity index (χ3n) is 4.27. The average molecular weight is 449 g/mol. The summed E-state index contributed by atoms with van der Waals surface area (Å²) < 4.78 is 24.9. The van der Waals surface area contributed by atoms with Crippen LogP contribution in [0.15, 0.2) is 45.6 Å². The number of ether oxygens (including phenoxy) is 1. The number of alkyl halides is 1. The molecule has 1 heterocycles. The lowest BCUT2D eigenvalue weighted by atomic mass is 9.99. The molecule has 0 aliphatic carbocycles. The van der Waals surface area contributed by atoms with Crippen LogP contribution in [0.1, 0.15) is 16.7 Å². The summed E-state index contributed by atoms with van der Waals surface area (Å²) >= 11 is 3.40. The summed E-state index contributed by atoms with van der Waals surface area (Å²) in [5, 5.41) is 1.03. The fourth-order valence-electron chi connectivity index (χ4n) is 2.80. The van der Waals surface area contributed by atoms with Gasteiger partial charge in [-0.05, 0) is 29.3 Å². The zero-order chi connectivity index (χ0) is 20.4. The van der Waals surface area contributed by atoms with Crippen molar-refractivity contribution in [3.05, 3.63) is 69.3 Å². The van der Waals surface area contributed by atoms with Gasteiger partial charge in [0.15, 0.2) is 0 Å². The van der Waals surface area contributed by atoms with Crippen molar-refractivity contribution in [1.82, 2.24) is 4.90 Å². The lowest BCUT2D eigenvalue weighted by Crippen LogP contribution is -2.25. The maximum atomic E-state index is 14.3. The van der Waals surface area contributed by atoms with E-state index in [0.717, 1.165) is 0 Å². The van der Waals surface area contributed by atoms with Gasteiger partial charge in [0.2, 0.25) is 0 Å². The molecule has 146 valence electrons. The number of amides is 1. The second kappa shape index (κ2) is 8.02. The summed E-state index contributed by atoms with van der Waals surface area (Å²) in [6.07, 6.45) is -0.496. The molecule has 3 aromatic rings. The number of hydrogen-bond acceptors (Lipinski definition) is 5. The Bertz CT molecular complexity index is 1110. The predicted molar refractivity (Wildman–Crippen MR) is 108 cm³/mol. The monoisotopic (exact) mass is 448 g/mol. The van der Waals surface area contributed by atoms with Crippen LogP contribution < -0.4 is 16.1 Å². The second-order valence-electron chi connectivity index (χ2n) is 6.40. The minimum atomic E-state index is -0.583. The van der Waals surface area contributed by atoms with Gasteiger partial charge in [-0.2, -0.15) is 0 Å². The fourth-order valence-corrected chi connectivity index (χ4v) is 3.44. The van der Waals surface area contributed by atoms with E-state index in [4.69, 9.17) is 14.9 Å². The molecule has 0 radical (unpaired) electrons. The van der Waals surface area contributed by atoms with Crippen LogP contribution in [0.5, 0.6) is 5.75 Å². The first-order valence-corrected chi connectivity index (χ1v) is 9.50. The first-order chi connectivity index (χ1) is 13.3. The highest BCUT2D eigenvalue weighted by Gasteiger charge is 2.18. The van der Waals surface area contributed by atoms with Crippen LogP contribution in [0, 0.1) is 5.82 Å². The zero-order valence-electron chi connectivity index (χ0n) is 15.3. The molecule has 0 unspecified atom stereocenters. The van der Waals surface area contributed by atoms with E-state index < -0.39 is 17.5 Å². The molecule has 6 nitrogen and oxygen atoms in total. The fraction of sp³-hybridized carbons (Fsp3) is 0.200. The van der Waals surface area contributed by atoms with E-state index in [9.17, 15) is 14.0 Å². The van der Waals surface area contributed by atoms with Gasteiger partial charge in [-0.1, -0.05) is 28.1 Å². The number of rotatable bonds is 4. The van der Waals surface area contributed by atoms with Crippen molar-refractivity contribution >= 4 is 38.7 Å². The van der Waals surface area contributed by atoms with Crippen molar-refractivity contribution in [3.63, 3.8) is 0 Å². The molecule has 1 aromatic heterocycles. The number of nitrogen functional groups attached to an aromatic ring is 1. The summed E-state index contributed by atoms with van der Waals surface area (Å²) in [6, 6.07) is 9.47. The molecule has 0 bridgehead atoms. The highest BCUT2D eigenvalue weighted by atomic mass is 79.9. The molecule has 0 atom stereocenters. The number of anilines is 1. The van der Waals surface area contributed by atoms with Gasteiger partial charge >= 0.3 is 11.7 Å². The Morgan fingerprint density at radius 3 is 2.68 bits per heavy atom. The quantitative estimate of drug-likeness (QED) is 0.369. The maximum absolute atomic E-state index is 14.3. The molecule has 2 aromatic carbocycles. The summed E-state index contributed by atoms with van der Waals surface area (Å²) in [6.45, 7) is 0. The number of nitrogens with zero attached hydrogens (tertiary/aromatic N) is 1. The highest BCUT2D eigenvalue weighted by Crippen LogP contribution is 2.28. The molecule has 0 aliphatic heterocycles. The zero-order valence-corrected chi connectivity index (χ0v) is 16.9. The van der Waals surface area contributed by atoms with Crippen LogP contribution in [0.25, 0.3) is 11.0 Å². The summed E-state index contributed by atoms with van der Waals surface area (Å²) in [5.74, 6) is -0.294. The van der Waals surface area contributed by atoms with Crippen LogP contribution in [0.4, 0.5) is 14.9 Å². The van der Waals surface area contributed by atoms with Gasteiger partial charge < -0.3 is 19.8 Å². The van der Waals surface area contributed by atoms with Gasteiger partial charge in [-0.25, -0.2) is 14.0 Å². The number of hydrogen-bond donors (Lipinski definition) is 1. The molecule has 0 saturated carbocycles. The highest BCUT2D eigenvalue weighted by molar-refractivity contribution is 9.08. The Labute approximate surface area is 168 Å². The van der Waals surface area contributed by atoms with Crippen LogP contribution in [0.2, 0.25) is 0 Å². The molecule has 0 spiro atoms. The standard InChI is InChI=1S/C20H18BrFN2O4/c1-24(2)20(26)27-12-6-7-13-15(10-21)14(19(25)28-17(13)9-12)8-11-4-3-5-16(23)18(11)22/h3-7,9H,8,10,23H2,1-2H3. The van der Waals surface area contributed by atoms with Crippen LogP contribution in [-0.2, 0) is 11.8 Å². The predicted octanol–water partition coefficient (Wildman–Crippen LogP) is 4.06. The lowest BCUT2D eigenvalue weighted by Gasteiger charge is -2.13. The average Bonchev–Trinajstić information content (AvgIpc) is 2.65. The number of nitrogens with two attached hydrogens (primary N) is 1. The molecule has 0 saturated heterocycles.